The molecule has 0 atom stereocenters. The second-order valence-corrected chi connectivity index (χ2v) is 8.55. The summed E-state index contributed by atoms with van der Waals surface area (Å²) in [6.07, 6.45) is 1.14. The van der Waals surface area contributed by atoms with Crippen LogP contribution in [0, 0.1) is 0 Å². The highest BCUT2D eigenvalue weighted by molar-refractivity contribution is 7.92. The average Bonchev–Trinajstić information content (AvgIpc) is 2.61. The van der Waals surface area contributed by atoms with Gasteiger partial charge in [-0.1, -0.05) is 0 Å². The van der Waals surface area contributed by atoms with E-state index in [0.717, 1.165) is 38.1 Å². The molecule has 0 spiro atoms. The molecule has 0 N–H and O–H groups in total. The predicted octanol–water partition coefficient (Wildman–Crippen LogP) is 1.07. The first-order valence-corrected chi connectivity index (χ1v) is 10.9. The number of sulfonamides is 1. The van der Waals surface area contributed by atoms with Gasteiger partial charge in [0.1, 0.15) is 6.54 Å². The van der Waals surface area contributed by atoms with Crippen LogP contribution in [0.4, 0.5) is 11.4 Å². The second kappa shape index (κ2) is 8.73. The summed E-state index contributed by atoms with van der Waals surface area (Å²) in [5, 5.41) is 0. The number of rotatable bonds is 7. The fourth-order valence-electron chi connectivity index (χ4n) is 3.10. The van der Waals surface area contributed by atoms with Gasteiger partial charge < -0.3 is 14.7 Å². The summed E-state index contributed by atoms with van der Waals surface area (Å²) < 4.78 is 25.7. The Bertz CT molecular complexity index is 694. The molecule has 1 aliphatic heterocycles. The fraction of sp³-hybridized carbons (Fsp3) is 0.611. The third kappa shape index (κ3) is 5.11. The molecular formula is C18H30N4O3S. The fourth-order valence-corrected chi connectivity index (χ4v) is 3.95. The van der Waals surface area contributed by atoms with Crippen molar-refractivity contribution in [1.82, 2.24) is 9.80 Å². The molecule has 0 aromatic heterocycles. The van der Waals surface area contributed by atoms with E-state index in [0.29, 0.717) is 18.8 Å². The molecule has 0 radical (unpaired) electrons. The van der Waals surface area contributed by atoms with Gasteiger partial charge in [0.15, 0.2) is 0 Å². The molecule has 1 aromatic rings. The summed E-state index contributed by atoms with van der Waals surface area (Å²) in [5.74, 6) is -0.156. The summed E-state index contributed by atoms with van der Waals surface area (Å²) in [4.78, 5) is 18.7. The van der Waals surface area contributed by atoms with Gasteiger partial charge in [0.05, 0.1) is 11.9 Å². The molecule has 0 aliphatic carbocycles. The van der Waals surface area contributed by atoms with Crippen LogP contribution in [0.25, 0.3) is 0 Å². The number of amides is 1. The van der Waals surface area contributed by atoms with Gasteiger partial charge in [-0.2, -0.15) is 0 Å². The lowest BCUT2D eigenvalue weighted by Crippen LogP contribution is -2.50. The van der Waals surface area contributed by atoms with E-state index in [9.17, 15) is 13.2 Å². The standard InChI is InChI=1S/C18H30N4O3S/c1-5-20(6-2)16-7-9-17(10-8-16)22(26(4,24)25)15-18(23)21-13-11-19(3)12-14-21/h7-10H,5-6,11-15H2,1-4H3. The zero-order valence-corrected chi connectivity index (χ0v) is 17.0. The van der Waals surface area contributed by atoms with E-state index in [1.807, 2.05) is 19.2 Å². The van der Waals surface area contributed by atoms with Crippen molar-refractivity contribution < 1.29 is 13.2 Å². The molecule has 26 heavy (non-hydrogen) atoms. The van der Waals surface area contributed by atoms with E-state index in [2.05, 4.69) is 23.6 Å². The summed E-state index contributed by atoms with van der Waals surface area (Å²) in [5.41, 5.74) is 1.56. The maximum Gasteiger partial charge on any atom is 0.243 e. The smallest absolute Gasteiger partial charge is 0.243 e. The summed E-state index contributed by atoms with van der Waals surface area (Å²) in [7, 11) is -1.53. The Kier molecular flexibility index (Phi) is 6.88. The molecule has 1 aromatic carbocycles. The highest BCUT2D eigenvalue weighted by Gasteiger charge is 2.25. The molecule has 1 fully saturated rings. The molecule has 7 nitrogen and oxygen atoms in total. The first-order valence-electron chi connectivity index (χ1n) is 9.05. The molecule has 1 amide bonds. The summed E-state index contributed by atoms with van der Waals surface area (Å²) in [6, 6.07) is 7.35. The van der Waals surface area contributed by atoms with E-state index in [1.165, 1.54) is 4.31 Å². The molecule has 146 valence electrons. The number of hydrogen-bond donors (Lipinski definition) is 0. The topological polar surface area (TPSA) is 64.2 Å². The Morgan fingerprint density at radius 2 is 1.50 bits per heavy atom. The van der Waals surface area contributed by atoms with Crippen LogP contribution in [0.3, 0.4) is 0 Å². The summed E-state index contributed by atoms with van der Waals surface area (Å²) in [6.45, 7) is 8.64. The van der Waals surface area contributed by atoms with Crippen LogP contribution in [-0.2, 0) is 14.8 Å². The van der Waals surface area contributed by atoms with E-state index in [-0.39, 0.29) is 12.5 Å². The van der Waals surface area contributed by atoms with Gasteiger partial charge in [0.25, 0.3) is 0 Å². The number of benzene rings is 1. The SMILES string of the molecule is CCN(CC)c1ccc(N(CC(=O)N2CCN(C)CC2)S(C)(=O)=O)cc1. The Morgan fingerprint density at radius 3 is 1.96 bits per heavy atom. The third-order valence-electron chi connectivity index (χ3n) is 4.80. The van der Waals surface area contributed by atoms with Gasteiger partial charge in [-0.15, -0.1) is 0 Å². The van der Waals surface area contributed by atoms with Gasteiger partial charge in [-0.25, -0.2) is 8.42 Å². The van der Waals surface area contributed by atoms with Crippen LogP contribution < -0.4 is 9.21 Å². The van der Waals surface area contributed by atoms with Gasteiger partial charge in [0.2, 0.25) is 15.9 Å². The zero-order chi connectivity index (χ0) is 19.3. The van der Waals surface area contributed by atoms with E-state index < -0.39 is 10.0 Å². The number of carbonyl (C=O) groups is 1. The van der Waals surface area contributed by atoms with Gasteiger partial charge in [-0.05, 0) is 45.2 Å². The predicted molar refractivity (Wildman–Crippen MR) is 106 cm³/mol. The van der Waals surface area contributed by atoms with Crippen LogP contribution in [0.2, 0.25) is 0 Å². The first-order chi connectivity index (χ1) is 12.3. The molecule has 1 aliphatic rings. The van der Waals surface area contributed by atoms with E-state index in [1.54, 1.807) is 17.0 Å². The molecule has 0 unspecified atom stereocenters. The molecule has 8 heteroatoms. The molecule has 0 saturated carbocycles. The minimum Gasteiger partial charge on any atom is -0.372 e. The largest absolute Gasteiger partial charge is 0.372 e. The monoisotopic (exact) mass is 382 g/mol. The molecule has 0 bridgehead atoms. The molecule has 1 heterocycles. The number of anilines is 2. The lowest BCUT2D eigenvalue weighted by atomic mass is 10.2. The highest BCUT2D eigenvalue weighted by atomic mass is 32.2. The second-order valence-electron chi connectivity index (χ2n) is 6.64. The number of likely N-dealkylation sites (N-methyl/N-ethyl adjacent to an activating group) is 1. The van der Waals surface area contributed by atoms with E-state index in [4.69, 9.17) is 0 Å². The number of hydrogen-bond acceptors (Lipinski definition) is 5. The Morgan fingerprint density at radius 1 is 1.00 bits per heavy atom. The lowest BCUT2D eigenvalue weighted by molar-refractivity contribution is -0.131. The Balaban J connectivity index is 2.16. The number of nitrogens with zero attached hydrogens (tertiary/aromatic N) is 4. The Hall–Kier alpha value is -1.80. The van der Waals surface area contributed by atoms with Crippen molar-refractivity contribution >= 4 is 27.3 Å². The molecule has 2 rings (SSSR count). The lowest BCUT2D eigenvalue weighted by Gasteiger charge is -2.34. The van der Waals surface area contributed by atoms with E-state index >= 15 is 0 Å². The minimum atomic E-state index is -3.54. The quantitative estimate of drug-likeness (QED) is 0.706. The van der Waals surface area contributed by atoms with Crippen LogP contribution in [0.1, 0.15) is 13.8 Å². The molecular weight excluding hydrogens is 352 g/mol. The molecule has 1 saturated heterocycles. The maximum atomic E-state index is 12.6. The van der Waals surface area contributed by atoms with Crippen molar-refractivity contribution in [3.63, 3.8) is 0 Å². The summed E-state index contributed by atoms with van der Waals surface area (Å²) >= 11 is 0. The highest BCUT2D eigenvalue weighted by Crippen LogP contribution is 2.23. The van der Waals surface area contributed by atoms with Crippen LogP contribution in [0.15, 0.2) is 24.3 Å². The van der Waals surface area contributed by atoms with Gasteiger partial charge in [-0.3, -0.25) is 9.10 Å². The van der Waals surface area contributed by atoms with Gasteiger partial charge >= 0.3 is 0 Å². The van der Waals surface area contributed by atoms with Crippen molar-refractivity contribution in [1.29, 1.82) is 0 Å². The average molecular weight is 383 g/mol. The minimum absolute atomic E-state index is 0.156. The first kappa shape index (κ1) is 20.5. The third-order valence-corrected chi connectivity index (χ3v) is 5.94. The number of piperazine rings is 1. The van der Waals surface area contributed by atoms with Crippen molar-refractivity contribution in [2.24, 2.45) is 0 Å². The van der Waals surface area contributed by atoms with Gasteiger partial charge in [0, 0.05) is 45.0 Å². The van der Waals surface area contributed by atoms with Crippen molar-refractivity contribution in [3.05, 3.63) is 24.3 Å². The van der Waals surface area contributed by atoms with Crippen LogP contribution in [-0.4, -0.2) is 83.2 Å². The van der Waals surface area contributed by atoms with Crippen LogP contribution in [0.5, 0.6) is 0 Å². The van der Waals surface area contributed by atoms with Crippen molar-refractivity contribution in [2.75, 3.05) is 68.3 Å². The Labute approximate surface area is 157 Å². The zero-order valence-electron chi connectivity index (χ0n) is 16.2. The van der Waals surface area contributed by atoms with Crippen molar-refractivity contribution in [2.45, 2.75) is 13.8 Å². The van der Waals surface area contributed by atoms with Crippen LogP contribution >= 0.6 is 0 Å². The number of carbonyl (C=O) groups excluding carboxylic acids is 1. The maximum absolute atomic E-state index is 12.6. The van der Waals surface area contributed by atoms with Crippen molar-refractivity contribution in [3.8, 4) is 0 Å². The normalized spacial score (nSPS) is 15.8.